The molecule has 104 valence electrons. The van der Waals surface area contributed by atoms with Crippen molar-refractivity contribution in [2.45, 2.75) is 26.4 Å². The van der Waals surface area contributed by atoms with Gasteiger partial charge in [0.2, 0.25) is 5.95 Å². The fourth-order valence-corrected chi connectivity index (χ4v) is 2.81. The first kappa shape index (κ1) is 12.7. The highest BCUT2D eigenvalue weighted by Gasteiger charge is 2.23. The first-order valence-electron chi connectivity index (χ1n) is 6.81. The van der Waals surface area contributed by atoms with Gasteiger partial charge in [-0.3, -0.25) is 0 Å². The van der Waals surface area contributed by atoms with E-state index in [1.165, 1.54) is 0 Å². The Hall–Kier alpha value is -2.30. The predicted molar refractivity (Wildman–Crippen MR) is 76.1 cm³/mol. The fraction of sp³-hybridized carbons (Fsp3) is 0.333. The van der Waals surface area contributed by atoms with Crippen LogP contribution >= 0.6 is 0 Å². The molecule has 0 bridgehead atoms. The number of aryl methyl sites for hydroxylation is 1. The molecule has 3 rings (SSSR count). The van der Waals surface area contributed by atoms with Gasteiger partial charge in [-0.2, -0.15) is 0 Å². The van der Waals surface area contributed by atoms with E-state index < -0.39 is 5.97 Å². The van der Waals surface area contributed by atoms with E-state index >= 15 is 0 Å². The highest BCUT2D eigenvalue weighted by molar-refractivity contribution is 5.90. The van der Waals surface area contributed by atoms with Crippen LogP contribution in [-0.4, -0.2) is 27.2 Å². The minimum absolute atomic E-state index is 0.431. The Morgan fingerprint density at radius 1 is 1.45 bits per heavy atom. The monoisotopic (exact) mass is 271 g/mol. The second kappa shape index (κ2) is 5.00. The SMILES string of the molecule is CCn1ccnc1N1CCc2c(cccc2C(=O)O)C1. The first-order valence-corrected chi connectivity index (χ1v) is 6.81. The molecule has 2 aromatic rings. The third-order valence-electron chi connectivity index (χ3n) is 3.81. The summed E-state index contributed by atoms with van der Waals surface area (Å²) in [5.41, 5.74) is 2.48. The zero-order valence-electron chi connectivity index (χ0n) is 11.4. The lowest BCUT2D eigenvalue weighted by molar-refractivity contribution is 0.0695. The molecule has 5 heteroatoms. The van der Waals surface area contributed by atoms with Crippen LogP contribution in [0.2, 0.25) is 0 Å². The molecule has 0 radical (unpaired) electrons. The molecule has 1 aliphatic rings. The maximum absolute atomic E-state index is 11.3. The van der Waals surface area contributed by atoms with E-state index in [0.717, 1.165) is 36.6 Å². The smallest absolute Gasteiger partial charge is 0.335 e. The minimum atomic E-state index is -0.842. The maximum atomic E-state index is 11.3. The van der Waals surface area contributed by atoms with Gasteiger partial charge in [-0.15, -0.1) is 0 Å². The van der Waals surface area contributed by atoms with Crippen LogP contribution in [0.1, 0.15) is 28.4 Å². The molecule has 0 aliphatic carbocycles. The van der Waals surface area contributed by atoms with Gasteiger partial charge in [-0.25, -0.2) is 9.78 Å². The van der Waals surface area contributed by atoms with Gasteiger partial charge in [0, 0.05) is 32.0 Å². The van der Waals surface area contributed by atoms with Crippen molar-refractivity contribution in [3.8, 4) is 0 Å². The zero-order valence-corrected chi connectivity index (χ0v) is 11.4. The fourth-order valence-electron chi connectivity index (χ4n) is 2.81. The van der Waals surface area contributed by atoms with Gasteiger partial charge in [0.15, 0.2) is 0 Å². The number of imidazole rings is 1. The van der Waals surface area contributed by atoms with Crippen LogP contribution in [-0.2, 0) is 19.5 Å². The standard InChI is InChI=1S/C15H17N3O2/c1-2-17-9-7-16-15(17)18-8-6-12-11(10-18)4-3-5-13(12)14(19)20/h3-5,7,9H,2,6,8,10H2,1H3,(H,19,20). The molecule has 0 fully saturated rings. The Kier molecular flexibility index (Phi) is 3.18. The van der Waals surface area contributed by atoms with Gasteiger partial charge in [0.05, 0.1) is 5.56 Å². The Bertz CT molecular complexity index is 648. The average Bonchev–Trinajstić information content (AvgIpc) is 2.94. The highest BCUT2D eigenvalue weighted by atomic mass is 16.4. The summed E-state index contributed by atoms with van der Waals surface area (Å²) in [4.78, 5) is 17.9. The molecular weight excluding hydrogens is 254 g/mol. The van der Waals surface area contributed by atoms with Gasteiger partial charge < -0.3 is 14.6 Å². The molecule has 0 saturated heterocycles. The van der Waals surface area contributed by atoms with E-state index in [2.05, 4.69) is 21.4 Å². The van der Waals surface area contributed by atoms with E-state index in [1.54, 1.807) is 6.07 Å². The van der Waals surface area contributed by atoms with E-state index in [1.807, 2.05) is 24.5 Å². The van der Waals surface area contributed by atoms with Crippen molar-refractivity contribution in [3.63, 3.8) is 0 Å². The van der Waals surface area contributed by atoms with Crippen LogP contribution in [0.5, 0.6) is 0 Å². The number of carboxylic acids is 1. The van der Waals surface area contributed by atoms with Crippen LogP contribution in [0.15, 0.2) is 30.6 Å². The summed E-state index contributed by atoms with van der Waals surface area (Å²) < 4.78 is 2.10. The van der Waals surface area contributed by atoms with Gasteiger partial charge in [-0.05, 0) is 30.5 Å². The Balaban J connectivity index is 1.93. The predicted octanol–water partition coefficient (Wildman–Crippen LogP) is 2.16. The lowest BCUT2D eigenvalue weighted by atomic mass is 9.95. The molecule has 1 aromatic heterocycles. The summed E-state index contributed by atoms with van der Waals surface area (Å²) in [7, 11) is 0. The number of hydrogen-bond donors (Lipinski definition) is 1. The minimum Gasteiger partial charge on any atom is -0.478 e. The number of fused-ring (bicyclic) bond motifs is 1. The molecular formula is C15H17N3O2. The number of anilines is 1. The van der Waals surface area contributed by atoms with Crippen LogP contribution in [0.4, 0.5) is 5.95 Å². The van der Waals surface area contributed by atoms with Crippen LogP contribution in [0.25, 0.3) is 0 Å². The number of nitrogens with zero attached hydrogens (tertiary/aromatic N) is 3. The molecule has 1 N–H and O–H groups in total. The third-order valence-corrected chi connectivity index (χ3v) is 3.81. The van der Waals surface area contributed by atoms with Gasteiger partial charge in [-0.1, -0.05) is 12.1 Å². The molecule has 1 aliphatic heterocycles. The number of aromatic nitrogens is 2. The molecule has 0 saturated carbocycles. The molecule has 0 amide bonds. The maximum Gasteiger partial charge on any atom is 0.335 e. The summed E-state index contributed by atoms with van der Waals surface area (Å²) in [6.45, 7) is 4.49. The number of carboxylic acid groups (broad SMARTS) is 1. The van der Waals surface area contributed by atoms with E-state index in [4.69, 9.17) is 0 Å². The second-order valence-corrected chi connectivity index (χ2v) is 4.93. The van der Waals surface area contributed by atoms with Crippen LogP contribution in [0, 0.1) is 0 Å². The molecule has 2 heterocycles. The Labute approximate surface area is 117 Å². The number of benzene rings is 1. The molecule has 20 heavy (non-hydrogen) atoms. The number of rotatable bonds is 3. The largest absolute Gasteiger partial charge is 0.478 e. The summed E-state index contributed by atoms with van der Waals surface area (Å²) in [5, 5.41) is 9.24. The lowest BCUT2D eigenvalue weighted by Crippen LogP contribution is -2.33. The molecule has 0 atom stereocenters. The van der Waals surface area contributed by atoms with Crippen molar-refractivity contribution in [3.05, 3.63) is 47.3 Å². The Morgan fingerprint density at radius 3 is 3.05 bits per heavy atom. The van der Waals surface area contributed by atoms with E-state index in [-0.39, 0.29) is 0 Å². The highest BCUT2D eigenvalue weighted by Crippen LogP contribution is 2.25. The van der Waals surface area contributed by atoms with Gasteiger partial charge in [0.1, 0.15) is 0 Å². The summed E-state index contributed by atoms with van der Waals surface area (Å²) in [6, 6.07) is 5.51. The van der Waals surface area contributed by atoms with Crippen LogP contribution in [0.3, 0.4) is 0 Å². The van der Waals surface area contributed by atoms with Crippen molar-refractivity contribution in [1.29, 1.82) is 0 Å². The van der Waals surface area contributed by atoms with E-state index in [0.29, 0.717) is 12.1 Å². The molecule has 1 aromatic carbocycles. The molecule has 5 nitrogen and oxygen atoms in total. The van der Waals surface area contributed by atoms with Crippen molar-refractivity contribution in [2.75, 3.05) is 11.4 Å². The van der Waals surface area contributed by atoms with Gasteiger partial charge >= 0.3 is 5.97 Å². The number of aromatic carboxylic acids is 1. The quantitative estimate of drug-likeness (QED) is 0.929. The summed E-state index contributed by atoms with van der Waals surface area (Å²) in [5.74, 6) is 0.115. The third kappa shape index (κ3) is 2.05. The summed E-state index contributed by atoms with van der Waals surface area (Å²) in [6.07, 6.45) is 4.52. The van der Waals surface area contributed by atoms with Crippen molar-refractivity contribution >= 4 is 11.9 Å². The van der Waals surface area contributed by atoms with Crippen LogP contribution < -0.4 is 4.90 Å². The normalized spacial score (nSPS) is 14.2. The van der Waals surface area contributed by atoms with Crippen molar-refractivity contribution in [2.24, 2.45) is 0 Å². The van der Waals surface area contributed by atoms with Gasteiger partial charge in [0.25, 0.3) is 0 Å². The molecule has 0 unspecified atom stereocenters. The van der Waals surface area contributed by atoms with Crippen molar-refractivity contribution in [1.82, 2.24) is 9.55 Å². The number of carbonyl (C=O) groups is 1. The average molecular weight is 271 g/mol. The van der Waals surface area contributed by atoms with Crippen molar-refractivity contribution < 1.29 is 9.90 Å². The zero-order chi connectivity index (χ0) is 14.1. The topological polar surface area (TPSA) is 58.4 Å². The first-order chi connectivity index (χ1) is 9.70. The second-order valence-electron chi connectivity index (χ2n) is 4.93. The lowest BCUT2D eigenvalue weighted by Gasteiger charge is -2.30. The number of hydrogen-bond acceptors (Lipinski definition) is 3. The van der Waals surface area contributed by atoms with E-state index in [9.17, 15) is 9.90 Å². The summed E-state index contributed by atoms with van der Waals surface area (Å²) >= 11 is 0. The Morgan fingerprint density at radius 2 is 2.30 bits per heavy atom. The molecule has 0 spiro atoms.